The van der Waals surface area contributed by atoms with E-state index < -0.39 is 0 Å². The monoisotopic (exact) mass is 236 g/mol. The Kier molecular flexibility index (Phi) is 3.26. The smallest absolute Gasteiger partial charge is 0.161 e. The molecule has 1 aromatic carbocycles. The zero-order valence-electron chi connectivity index (χ0n) is 10.7. The van der Waals surface area contributed by atoms with Crippen LogP contribution in [0.15, 0.2) is 18.2 Å². The van der Waals surface area contributed by atoms with Crippen LogP contribution in [0.25, 0.3) is 0 Å². The van der Waals surface area contributed by atoms with E-state index in [-0.39, 0.29) is 5.41 Å². The van der Waals surface area contributed by atoms with Gasteiger partial charge in [0.05, 0.1) is 14.2 Å². The van der Waals surface area contributed by atoms with Crippen molar-refractivity contribution in [1.82, 2.24) is 4.90 Å². The molecule has 1 aromatic rings. The standard InChI is InChI=1S/C13H20N2O2/c1-15-8-13(7-14,9-15)10-4-5-11(16-2)12(6-10)17-3/h4-6H,7-9,14H2,1-3H3. The second kappa shape index (κ2) is 4.55. The molecule has 0 unspecified atom stereocenters. The van der Waals surface area contributed by atoms with E-state index >= 15 is 0 Å². The van der Waals surface area contributed by atoms with Gasteiger partial charge >= 0.3 is 0 Å². The topological polar surface area (TPSA) is 47.7 Å². The molecule has 0 bridgehead atoms. The van der Waals surface area contributed by atoms with E-state index in [0.717, 1.165) is 24.6 Å². The summed E-state index contributed by atoms with van der Waals surface area (Å²) in [6.45, 7) is 2.66. The molecule has 0 atom stereocenters. The first kappa shape index (κ1) is 12.2. The third kappa shape index (κ3) is 1.98. The van der Waals surface area contributed by atoms with Crippen LogP contribution in [0.3, 0.4) is 0 Å². The van der Waals surface area contributed by atoms with Crippen molar-refractivity contribution in [3.05, 3.63) is 23.8 Å². The molecule has 0 aliphatic carbocycles. The number of nitrogens with two attached hydrogens (primary N) is 1. The number of rotatable bonds is 4. The fourth-order valence-electron chi connectivity index (χ4n) is 2.58. The number of likely N-dealkylation sites (N-methyl/N-ethyl adjacent to an activating group) is 1. The lowest BCUT2D eigenvalue weighted by atomic mass is 9.74. The van der Waals surface area contributed by atoms with Crippen LogP contribution in [0.2, 0.25) is 0 Å². The Morgan fingerprint density at radius 3 is 2.35 bits per heavy atom. The quantitative estimate of drug-likeness (QED) is 0.842. The van der Waals surface area contributed by atoms with Gasteiger partial charge in [-0.1, -0.05) is 6.07 Å². The number of methoxy groups -OCH3 is 2. The molecule has 1 aliphatic heterocycles. The number of hydrogen-bond acceptors (Lipinski definition) is 4. The normalized spacial score (nSPS) is 18.6. The fraction of sp³-hybridized carbons (Fsp3) is 0.538. The van der Waals surface area contributed by atoms with Crippen molar-refractivity contribution in [2.24, 2.45) is 5.73 Å². The first-order chi connectivity index (χ1) is 8.15. The molecule has 0 radical (unpaired) electrons. The van der Waals surface area contributed by atoms with Crippen molar-refractivity contribution in [3.63, 3.8) is 0 Å². The summed E-state index contributed by atoms with van der Waals surface area (Å²) < 4.78 is 10.6. The van der Waals surface area contributed by atoms with Crippen molar-refractivity contribution < 1.29 is 9.47 Å². The third-order valence-corrected chi connectivity index (χ3v) is 3.53. The average molecular weight is 236 g/mol. The first-order valence-corrected chi connectivity index (χ1v) is 5.76. The minimum atomic E-state index is 0.0777. The van der Waals surface area contributed by atoms with E-state index in [2.05, 4.69) is 18.0 Å². The maximum atomic E-state index is 5.93. The SMILES string of the molecule is COc1ccc(C2(CN)CN(C)C2)cc1OC. The fourth-order valence-corrected chi connectivity index (χ4v) is 2.58. The maximum absolute atomic E-state index is 5.93. The minimum absolute atomic E-state index is 0.0777. The summed E-state index contributed by atoms with van der Waals surface area (Å²) in [5.41, 5.74) is 7.24. The summed E-state index contributed by atoms with van der Waals surface area (Å²) in [7, 11) is 5.41. The maximum Gasteiger partial charge on any atom is 0.161 e. The highest BCUT2D eigenvalue weighted by atomic mass is 16.5. The van der Waals surface area contributed by atoms with Gasteiger partial charge in [-0.2, -0.15) is 0 Å². The lowest BCUT2D eigenvalue weighted by Gasteiger charge is -2.48. The molecule has 0 amide bonds. The third-order valence-electron chi connectivity index (χ3n) is 3.53. The molecule has 0 spiro atoms. The zero-order chi connectivity index (χ0) is 12.5. The first-order valence-electron chi connectivity index (χ1n) is 5.76. The summed E-state index contributed by atoms with van der Waals surface area (Å²) in [6.07, 6.45) is 0. The largest absolute Gasteiger partial charge is 0.493 e. The lowest BCUT2D eigenvalue weighted by molar-refractivity contribution is 0.0998. The van der Waals surface area contributed by atoms with Gasteiger partial charge in [-0.05, 0) is 24.7 Å². The van der Waals surface area contributed by atoms with E-state index in [1.165, 1.54) is 5.56 Å². The van der Waals surface area contributed by atoms with E-state index in [0.29, 0.717) is 6.54 Å². The molecule has 2 N–H and O–H groups in total. The predicted molar refractivity (Wildman–Crippen MR) is 67.8 cm³/mol. The molecule has 1 aliphatic rings. The summed E-state index contributed by atoms with van der Waals surface area (Å²) in [4.78, 5) is 2.27. The molecule has 0 aromatic heterocycles. The molecule has 1 saturated heterocycles. The van der Waals surface area contributed by atoms with Crippen LogP contribution >= 0.6 is 0 Å². The van der Waals surface area contributed by atoms with Crippen molar-refractivity contribution in [3.8, 4) is 11.5 Å². The predicted octanol–water partition coefficient (Wildman–Crippen LogP) is 0.846. The highest BCUT2D eigenvalue weighted by molar-refractivity contribution is 5.46. The van der Waals surface area contributed by atoms with Crippen molar-refractivity contribution in [1.29, 1.82) is 0 Å². The van der Waals surface area contributed by atoms with Crippen LogP contribution in [0, 0.1) is 0 Å². The van der Waals surface area contributed by atoms with Crippen LogP contribution in [0.5, 0.6) is 11.5 Å². The Bertz CT molecular complexity index is 400. The van der Waals surface area contributed by atoms with E-state index in [1.54, 1.807) is 14.2 Å². The number of likely N-dealkylation sites (tertiary alicyclic amines) is 1. The van der Waals surface area contributed by atoms with Gasteiger partial charge in [0.15, 0.2) is 11.5 Å². The van der Waals surface area contributed by atoms with Gasteiger partial charge < -0.3 is 20.1 Å². The molecule has 94 valence electrons. The Morgan fingerprint density at radius 2 is 1.88 bits per heavy atom. The van der Waals surface area contributed by atoms with Crippen molar-refractivity contribution in [2.75, 3.05) is 40.9 Å². The van der Waals surface area contributed by atoms with E-state index in [1.807, 2.05) is 12.1 Å². The lowest BCUT2D eigenvalue weighted by Crippen LogP contribution is -2.61. The molecular weight excluding hydrogens is 216 g/mol. The number of benzene rings is 1. The van der Waals surface area contributed by atoms with Gasteiger partial charge in [0.1, 0.15) is 0 Å². The zero-order valence-corrected chi connectivity index (χ0v) is 10.7. The van der Waals surface area contributed by atoms with Crippen molar-refractivity contribution in [2.45, 2.75) is 5.41 Å². The minimum Gasteiger partial charge on any atom is -0.493 e. The van der Waals surface area contributed by atoms with Gasteiger partial charge in [-0.15, -0.1) is 0 Å². The van der Waals surface area contributed by atoms with Crippen LogP contribution in [-0.2, 0) is 5.41 Å². The Balaban J connectivity index is 2.33. The molecule has 0 saturated carbocycles. The van der Waals surface area contributed by atoms with Gasteiger partial charge in [0.25, 0.3) is 0 Å². The summed E-state index contributed by atoms with van der Waals surface area (Å²) in [5, 5.41) is 0. The second-order valence-corrected chi connectivity index (χ2v) is 4.73. The van der Waals surface area contributed by atoms with Crippen molar-refractivity contribution >= 4 is 0 Å². The number of nitrogens with zero attached hydrogens (tertiary/aromatic N) is 1. The summed E-state index contributed by atoms with van der Waals surface area (Å²) >= 11 is 0. The summed E-state index contributed by atoms with van der Waals surface area (Å²) in [6, 6.07) is 6.07. The number of ether oxygens (including phenoxy) is 2. The molecular formula is C13H20N2O2. The molecule has 1 fully saturated rings. The Labute approximate surface area is 102 Å². The number of hydrogen-bond donors (Lipinski definition) is 1. The van der Waals surface area contributed by atoms with E-state index in [4.69, 9.17) is 15.2 Å². The van der Waals surface area contributed by atoms with Gasteiger partial charge in [0, 0.05) is 25.0 Å². The summed E-state index contributed by atoms with van der Waals surface area (Å²) in [5.74, 6) is 1.53. The molecule has 2 rings (SSSR count). The highest BCUT2D eigenvalue weighted by Crippen LogP contribution is 2.37. The highest BCUT2D eigenvalue weighted by Gasteiger charge is 2.41. The van der Waals surface area contributed by atoms with Crippen LogP contribution in [0.1, 0.15) is 5.56 Å². The van der Waals surface area contributed by atoms with Crippen LogP contribution < -0.4 is 15.2 Å². The average Bonchev–Trinajstić information content (AvgIpc) is 2.33. The van der Waals surface area contributed by atoms with Crippen LogP contribution in [0.4, 0.5) is 0 Å². The van der Waals surface area contributed by atoms with Gasteiger partial charge in [-0.3, -0.25) is 0 Å². The van der Waals surface area contributed by atoms with Gasteiger partial charge in [0.2, 0.25) is 0 Å². The molecule has 17 heavy (non-hydrogen) atoms. The second-order valence-electron chi connectivity index (χ2n) is 4.73. The van der Waals surface area contributed by atoms with Crippen LogP contribution in [-0.4, -0.2) is 45.8 Å². The Hall–Kier alpha value is -1.26. The van der Waals surface area contributed by atoms with E-state index in [9.17, 15) is 0 Å². The molecule has 4 nitrogen and oxygen atoms in total. The molecule has 4 heteroatoms. The molecule has 1 heterocycles. The van der Waals surface area contributed by atoms with Gasteiger partial charge in [-0.25, -0.2) is 0 Å². The Morgan fingerprint density at radius 1 is 1.24 bits per heavy atom.